The second-order valence-corrected chi connectivity index (χ2v) is 5.06. The maximum absolute atomic E-state index is 13.6. The number of nitrogens with zero attached hydrogens (tertiary/aromatic N) is 2. The van der Waals surface area contributed by atoms with Crippen molar-refractivity contribution < 1.29 is 13.9 Å². The third-order valence-electron chi connectivity index (χ3n) is 3.34. The minimum absolute atomic E-state index is 0.0911. The average Bonchev–Trinajstić information content (AvgIpc) is 2.64. The van der Waals surface area contributed by atoms with E-state index in [0.717, 1.165) is 0 Å². The summed E-state index contributed by atoms with van der Waals surface area (Å²) in [5.41, 5.74) is 0.920. The molecule has 6 nitrogen and oxygen atoms in total. The van der Waals surface area contributed by atoms with Gasteiger partial charge in [-0.2, -0.15) is 0 Å². The van der Waals surface area contributed by atoms with Gasteiger partial charge in [0.1, 0.15) is 17.3 Å². The van der Waals surface area contributed by atoms with Gasteiger partial charge in [0, 0.05) is 18.0 Å². The van der Waals surface area contributed by atoms with E-state index < -0.39 is 11.7 Å². The summed E-state index contributed by atoms with van der Waals surface area (Å²) in [6.45, 7) is 0. The van der Waals surface area contributed by atoms with Crippen LogP contribution in [0.3, 0.4) is 0 Å². The lowest BCUT2D eigenvalue weighted by Crippen LogP contribution is -2.15. The van der Waals surface area contributed by atoms with Crippen LogP contribution < -0.4 is 15.4 Å². The number of carbonyl (C=O) groups excluding carboxylic acids is 1. The summed E-state index contributed by atoms with van der Waals surface area (Å²) < 4.78 is 18.8. The second kappa shape index (κ2) is 7.39. The highest BCUT2D eigenvalue weighted by molar-refractivity contribution is 6.03. The Hall–Kier alpha value is -3.48. The predicted octanol–water partition coefficient (Wildman–Crippen LogP) is 3.62. The molecule has 0 saturated heterocycles. The van der Waals surface area contributed by atoms with Gasteiger partial charge in [0.15, 0.2) is 0 Å². The minimum Gasteiger partial charge on any atom is -0.497 e. The molecule has 3 aromatic rings. The third-order valence-corrected chi connectivity index (χ3v) is 3.34. The van der Waals surface area contributed by atoms with E-state index in [1.807, 2.05) is 18.2 Å². The van der Waals surface area contributed by atoms with Crippen molar-refractivity contribution in [1.82, 2.24) is 9.97 Å². The Labute approximate surface area is 143 Å². The largest absolute Gasteiger partial charge is 0.497 e. The highest BCUT2D eigenvalue weighted by Crippen LogP contribution is 2.19. The van der Waals surface area contributed by atoms with Crippen molar-refractivity contribution in [2.75, 3.05) is 17.7 Å². The van der Waals surface area contributed by atoms with E-state index in [1.54, 1.807) is 25.3 Å². The molecule has 126 valence electrons. The van der Waals surface area contributed by atoms with Crippen LogP contribution >= 0.6 is 0 Å². The van der Waals surface area contributed by atoms with Crippen molar-refractivity contribution in [3.63, 3.8) is 0 Å². The number of methoxy groups -OCH3 is 1. The Bertz CT molecular complexity index is 902. The summed E-state index contributed by atoms with van der Waals surface area (Å²) in [6.07, 6.45) is 1.45. The highest BCUT2D eigenvalue weighted by atomic mass is 19.1. The Balaban J connectivity index is 1.76. The molecule has 0 fully saturated rings. The number of nitrogens with one attached hydrogen (secondary N) is 2. The third kappa shape index (κ3) is 4.08. The predicted molar refractivity (Wildman–Crippen MR) is 92.7 cm³/mol. The molecular formula is C18H15FN4O2. The monoisotopic (exact) mass is 338 g/mol. The first-order valence-corrected chi connectivity index (χ1v) is 7.46. The molecule has 0 bridgehead atoms. The molecule has 3 rings (SSSR count). The molecule has 0 atom stereocenters. The molecule has 2 N–H and O–H groups in total. The number of hydrogen-bond donors (Lipinski definition) is 2. The first kappa shape index (κ1) is 16.4. The Kier molecular flexibility index (Phi) is 4.84. The van der Waals surface area contributed by atoms with E-state index in [4.69, 9.17) is 4.74 Å². The molecule has 0 unspecified atom stereocenters. The molecule has 0 spiro atoms. The zero-order chi connectivity index (χ0) is 17.6. The van der Waals surface area contributed by atoms with Gasteiger partial charge in [-0.05, 0) is 30.3 Å². The van der Waals surface area contributed by atoms with E-state index in [0.29, 0.717) is 11.4 Å². The lowest BCUT2D eigenvalue weighted by molar-refractivity contribution is 0.102. The van der Waals surface area contributed by atoms with Crippen molar-refractivity contribution in [3.05, 3.63) is 72.3 Å². The van der Waals surface area contributed by atoms with Crippen LogP contribution in [0.4, 0.5) is 21.7 Å². The van der Waals surface area contributed by atoms with E-state index in [-0.39, 0.29) is 17.3 Å². The minimum atomic E-state index is -0.527. The number of anilines is 3. The van der Waals surface area contributed by atoms with E-state index in [9.17, 15) is 9.18 Å². The molecule has 2 aromatic carbocycles. The summed E-state index contributed by atoms with van der Waals surface area (Å²) in [5.74, 6) is -0.117. The van der Waals surface area contributed by atoms with Crippen LogP contribution in [0.15, 0.2) is 60.8 Å². The fraction of sp³-hybridized carbons (Fsp3) is 0.0556. The number of aromatic nitrogens is 2. The molecule has 1 heterocycles. The summed E-state index contributed by atoms with van der Waals surface area (Å²) in [7, 11) is 1.57. The van der Waals surface area contributed by atoms with Crippen molar-refractivity contribution in [1.29, 1.82) is 0 Å². The molecular weight excluding hydrogens is 323 g/mol. The second-order valence-electron chi connectivity index (χ2n) is 5.06. The first-order chi connectivity index (χ1) is 12.2. The Morgan fingerprint density at radius 3 is 2.76 bits per heavy atom. The smallest absolute Gasteiger partial charge is 0.274 e. The molecule has 0 aliphatic carbocycles. The van der Waals surface area contributed by atoms with Crippen LogP contribution in [0.25, 0.3) is 0 Å². The average molecular weight is 338 g/mol. The normalized spacial score (nSPS) is 10.2. The molecule has 25 heavy (non-hydrogen) atoms. The SMILES string of the molecule is COc1cccc(Nc2nccc(C(=O)Nc3ccccc3F)n2)c1. The standard InChI is InChI=1S/C18H15FN4O2/c1-25-13-6-4-5-12(11-13)21-18-20-10-9-16(23-18)17(24)22-15-8-3-2-7-14(15)19/h2-11H,1H3,(H,22,24)(H,20,21,23). The number of ether oxygens (including phenoxy) is 1. The van der Waals surface area contributed by atoms with E-state index in [2.05, 4.69) is 20.6 Å². The summed E-state index contributed by atoms with van der Waals surface area (Å²) in [4.78, 5) is 20.5. The van der Waals surface area contributed by atoms with Gasteiger partial charge >= 0.3 is 0 Å². The fourth-order valence-corrected chi connectivity index (χ4v) is 2.12. The molecule has 7 heteroatoms. The molecule has 0 aliphatic rings. The number of rotatable bonds is 5. The quantitative estimate of drug-likeness (QED) is 0.743. The Morgan fingerprint density at radius 2 is 1.96 bits per heavy atom. The van der Waals surface area contributed by atoms with Gasteiger partial charge in [-0.1, -0.05) is 18.2 Å². The van der Waals surface area contributed by atoms with Crippen LogP contribution in [0.1, 0.15) is 10.5 Å². The van der Waals surface area contributed by atoms with Crippen LogP contribution in [0.2, 0.25) is 0 Å². The van der Waals surface area contributed by atoms with Crippen LogP contribution in [-0.4, -0.2) is 23.0 Å². The molecule has 1 amide bonds. The van der Waals surface area contributed by atoms with Crippen molar-refractivity contribution in [3.8, 4) is 5.75 Å². The molecule has 0 aliphatic heterocycles. The highest BCUT2D eigenvalue weighted by Gasteiger charge is 2.11. The van der Waals surface area contributed by atoms with Gasteiger partial charge in [0.05, 0.1) is 12.8 Å². The van der Waals surface area contributed by atoms with Crippen molar-refractivity contribution in [2.24, 2.45) is 0 Å². The van der Waals surface area contributed by atoms with Crippen molar-refractivity contribution in [2.45, 2.75) is 0 Å². The number of amides is 1. The first-order valence-electron chi connectivity index (χ1n) is 7.46. The molecule has 0 radical (unpaired) electrons. The van der Waals surface area contributed by atoms with E-state index in [1.165, 1.54) is 24.4 Å². The number of carbonyl (C=O) groups is 1. The van der Waals surface area contributed by atoms with Crippen LogP contribution in [-0.2, 0) is 0 Å². The maximum Gasteiger partial charge on any atom is 0.274 e. The van der Waals surface area contributed by atoms with Gasteiger partial charge in [0.2, 0.25) is 5.95 Å². The number of hydrogen-bond acceptors (Lipinski definition) is 5. The van der Waals surface area contributed by atoms with Crippen LogP contribution in [0, 0.1) is 5.82 Å². The molecule has 0 saturated carbocycles. The lowest BCUT2D eigenvalue weighted by atomic mass is 10.3. The summed E-state index contributed by atoms with van der Waals surface area (Å²) >= 11 is 0. The van der Waals surface area contributed by atoms with Crippen LogP contribution in [0.5, 0.6) is 5.75 Å². The summed E-state index contributed by atoms with van der Waals surface area (Å²) in [6, 6.07) is 14.6. The van der Waals surface area contributed by atoms with Gasteiger partial charge < -0.3 is 15.4 Å². The maximum atomic E-state index is 13.6. The van der Waals surface area contributed by atoms with E-state index >= 15 is 0 Å². The molecule has 1 aromatic heterocycles. The summed E-state index contributed by atoms with van der Waals surface area (Å²) in [5, 5.41) is 5.48. The zero-order valence-electron chi connectivity index (χ0n) is 13.4. The number of benzene rings is 2. The fourth-order valence-electron chi connectivity index (χ4n) is 2.12. The van der Waals surface area contributed by atoms with Gasteiger partial charge in [-0.3, -0.25) is 4.79 Å². The Morgan fingerprint density at radius 1 is 1.12 bits per heavy atom. The number of halogens is 1. The lowest BCUT2D eigenvalue weighted by Gasteiger charge is -2.08. The van der Waals surface area contributed by atoms with Crippen molar-refractivity contribution >= 4 is 23.2 Å². The topological polar surface area (TPSA) is 76.1 Å². The van der Waals surface area contributed by atoms with Gasteiger partial charge in [0.25, 0.3) is 5.91 Å². The zero-order valence-corrected chi connectivity index (χ0v) is 13.4. The van der Waals surface area contributed by atoms with Gasteiger partial charge in [-0.25, -0.2) is 14.4 Å². The number of para-hydroxylation sites is 1. The van der Waals surface area contributed by atoms with Gasteiger partial charge in [-0.15, -0.1) is 0 Å².